The maximum absolute atomic E-state index is 11.7. The van der Waals surface area contributed by atoms with Gasteiger partial charge in [-0.15, -0.1) is 10.2 Å². The number of carbonyl (C=O) groups excluding carboxylic acids is 1. The highest BCUT2D eigenvalue weighted by atomic mass is 35.5. The van der Waals surface area contributed by atoms with Crippen LogP contribution < -0.4 is 10.6 Å². The van der Waals surface area contributed by atoms with E-state index in [9.17, 15) is 4.79 Å². The molecule has 22 heavy (non-hydrogen) atoms. The van der Waals surface area contributed by atoms with E-state index < -0.39 is 5.91 Å². The van der Waals surface area contributed by atoms with Crippen LogP contribution in [0.25, 0.3) is 0 Å². The van der Waals surface area contributed by atoms with Crippen LogP contribution in [-0.4, -0.2) is 53.2 Å². The predicted molar refractivity (Wildman–Crippen MR) is 84.0 cm³/mol. The van der Waals surface area contributed by atoms with Gasteiger partial charge in [-0.2, -0.15) is 0 Å². The number of piperidine rings is 1. The normalized spacial score (nSPS) is 31.1. The number of rotatable bonds is 2. The largest absolute Gasteiger partial charge is 0.365 e. The van der Waals surface area contributed by atoms with E-state index in [-0.39, 0.29) is 5.15 Å². The van der Waals surface area contributed by atoms with Gasteiger partial charge >= 0.3 is 0 Å². The van der Waals surface area contributed by atoms with Crippen LogP contribution in [0.2, 0.25) is 5.15 Å². The Hall–Kier alpha value is -1.40. The van der Waals surface area contributed by atoms with E-state index in [1.54, 1.807) is 0 Å². The molecule has 0 bridgehead atoms. The quantitative estimate of drug-likeness (QED) is 0.884. The summed E-state index contributed by atoms with van der Waals surface area (Å²) >= 11 is 5.85. The summed E-state index contributed by atoms with van der Waals surface area (Å²) in [7, 11) is 0. The van der Waals surface area contributed by atoms with Gasteiger partial charge in [0.15, 0.2) is 11.0 Å². The lowest BCUT2D eigenvalue weighted by Crippen LogP contribution is -2.40. The van der Waals surface area contributed by atoms with Gasteiger partial charge in [-0.05, 0) is 37.3 Å². The first-order valence-corrected chi connectivity index (χ1v) is 8.33. The number of fused-ring (bicyclic) bond motifs is 3. The van der Waals surface area contributed by atoms with Gasteiger partial charge in [0, 0.05) is 25.7 Å². The van der Waals surface area contributed by atoms with E-state index in [2.05, 4.69) is 20.0 Å². The van der Waals surface area contributed by atoms with Gasteiger partial charge in [-0.3, -0.25) is 9.69 Å². The number of nitrogens with zero attached hydrogens (tertiary/aromatic N) is 4. The highest BCUT2D eigenvalue weighted by Gasteiger charge is 2.47. The molecular weight excluding hydrogens is 302 g/mol. The molecule has 0 radical (unpaired) electrons. The van der Waals surface area contributed by atoms with Crippen LogP contribution in [0.5, 0.6) is 0 Å². The summed E-state index contributed by atoms with van der Waals surface area (Å²) < 4.78 is 0. The zero-order valence-corrected chi connectivity index (χ0v) is 13.2. The molecule has 6 nitrogen and oxygen atoms in total. The van der Waals surface area contributed by atoms with Crippen LogP contribution in [0, 0.1) is 11.8 Å². The van der Waals surface area contributed by atoms with Crippen molar-refractivity contribution in [2.45, 2.75) is 25.3 Å². The molecule has 4 rings (SSSR count). The summed E-state index contributed by atoms with van der Waals surface area (Å²) in [6.07, 6.45) is 3.95. The van der Waals surface area contributed by atoms with E-state index in [0.29, 0.717) is 29.3 Å². The van der Waals surface area contributed by atoms with Crippen LogP contribution in [0.3, 0.4) is 0 Å². The van der Waals surface area contributed by atoms with Crippen molar-refractivity contribution in [3.8, 4) is 0 Å². The van der Waals surface area contributed by atoms with E-state index >= 15 is 0 Å². The Morgan fingerprint density at radius 2 is 2.14 bits per heavy atom. The molecule has 118 valence electrons. The van der Waals surface area contributed by atoms with Gasteiger partial charge in [0.05, 0.1) is 5.56 Å². The van der Waals surface area contributed by atoms with Gasteiger partial charge in [0.1, 0.15) is 0 Å². The minimum atomic E-state index is -0.497. The Kier molecular flexibility index (Phi) is 3.46. The maximum atomic E-state index is 11.7. The van der Waals surface area contributed by atoms with Crippen molar-refractivity contribution < 1.29 is 4.79 Å². The molecule has 2 N–H and O–H groups in total. The molecule has 3 atom stereocenters. The first-order valence-electron chi connectivity index (χ1n) is 7.95. The first kappa shape index (κ1) is 14.2. The molecule has 4 heterocycles. The average Bonchev–Trinajstić information content (AvgIpc) is 3.04. The number of aromatic nitrogens is 2. The fourth-order valence-electron chi connectivity index (χ4n) is 4.50. The number of primary amides is 1. The summed E-state index contributed by atoms with van der Waals surface area (Å²) in [5.41, 5.74) is 5.85. The number of hydrogen-bond acceptors (Lipinski definition) is 5. The van der Waals surface area contributed by atoms with E-state index in [1.807, 2.05) is 0 Å². The zero-order valence-electron chi connectivity index (χ0n) is 12.4. The summed E-state index contributed by atoms with van der Waals surface area (Å²) in [6.45, 7) is 4.26. The predicted octanol–water partition coefficient (Wildman–Crippen LogP) is 1.15. The second-order valence-corrected chi connectivity index (χ2v) is 7.04. The third-order valence-corrected chi connectivity index (χ3v) is 5.61. The summed E-state index contributed by atoms with van der Waals surface area (Å²) in [6, 6.07) is 2.22. The molecule has 3 aliphatic rings. The van der Waals surface area contributed by atoms with E-state index in [4.69, 9.17) is 17.3 Å². The SMILES string of the molecule is NC(=O)c1cc(Cl)nnc1N1CC2CN3CCCCC3C2C1. The second kappa shape index (κ2) is 5.35. The van der Waals surface area contributed by atoms with Crippen LogP contribution >= 0.6 is 11.6 Å². The Morgan fingerprint density at radius 1 is 1.27 bits per heavy atom. The molecule has 3 aliphatic heterocycles. The van der Waals surface area contributed by atoms with Crippen LogP contribution in [0.1, 0.15) is 29.6 Å². The van der Waals surface area contributed by atoms with Gasteiger partial charge in [0.25, 0.3) is 5.91 Å². The molecule has 1 amide bonds. The van der Waals surface area contributed by atoms with Crippen molar-refractivity contribution in [2.24, 2.45) is 17.6 Å². The molecule has 3 unspecified atom stereocenters. The molecule has 3 fully saturated rings. The highest BCUT2D eigenvalue weighted by molar-refractivity contribution is 6.29. The van der Waals surface area contributed by atoms with Gasteiger partial charge in [0.2, 0.25) is 0 Å². The average molecular weight is 322 g/mol. The minimum absolute atomic E-state index is 0.204. The minimum Gasteiger partial charge on any atom is -0.365 e. The number of amides is 1. The maximum Gasteiger partial charge on any atom is 0.252 e. The van der Waals surface area contributed by atoms with Gasteiger partial charge < -0.3 is 10.6 Å². The summed E-state index contributed by atoms with van der Waals surface area (Å²) in [4.78, 5) is 16.5. The van der Waals surface area contributed by atoms with Gasteiger partial charge in [-0.1, -0.05) is 18.0 Å². The number of carbonyl (C=O) groups is 1. The molecule has 1 aromatic rings. The van der Waals surface area contributed by atoms with Crippen molar-refractivity contribution in [3.05, 3.63) is 16.8 Å². The second-order valence-electron chi connectivity index (χ2n) is 6.66. The number of halogens is 1. The van der Waals surface area contributed by atoms with Crippen LogP contribution in [0.15, 0.2) is 6.07 Å². The molecule has 3 saturated heterocycles. The number of nitrogens with two attached hydrogens (primary N) is 1. The lowest BCUT2D eigenvalue weighted by molar-refractivity contribution is 0.1000. The lowest BCUT2D eigenvalue weighted by atomic mass is 9.90. The third kappa shape index (κ3) is 2.25. The lowest BCUT2D eigenvalue weighted by Gasteiger charge is -2.33. The monoisotopic (exact) mass is 321 g/mol. The number of hydrogen-bond donors (Lipinski definition) is 1. The molecular formula is C15H20ClN5O. The summed E-state index contributed by atoms with van der Waals surface area (Å²) in [5.74, 6) is 1.41. The Balaban J connectivity index is 1.58. The molecule has 1 aromatic heterocycles. The van der Waals surface area contributed by atoms with Crippen molar-refractivity contribution >= 4 is 23.3 Å². The Labute approximate surface area is 134 Å². The molecule has 0 aliphatic carbocycles. The molecule has 0 spiro atoms. The summed E-state index contributed by atoms with van der Waals surface area (Å²) in [5, 5.41) is 8.24. The Morgan fingerprint density at radius 3 is 2.95 bits per heavy atom. The molecule has 7 heteroatoms. The topological polar surface area (TPSA) is 75.3 Å². The third-order valence-electron chi connectivity index (χ3n) is 5.43. The molecule has 0 aromatic carbocycles. The Bertz CT molecular complexity index is 610. The standard InChI is InChI=1S/C15H20ClN5O/c16-13-5-10(14(17)22)15(19-18-13)21-7-9-6-20-4-2-1-3-12(20)11(9)8-21/h5,9,11-12H,1-4,6-8H2,(H2,17,22). The van der Waals surface area contributed by atoms with Crippen LogP contribution in [-0.2, 0) is 0 Å². The van der Waals surface area contributed by atoms with E-state index in [0.717, 1.165) is 13.1 Å². The fourth-order valence-corrected chi connectivity index (χ4v) is 4.65. The molecule has 0 saturated carbocycles. The first-order chi connectivity index (χ1) is 10.6. The van der Waals surface area contributed by atoms with Crippen LogP contribution in [0.4, 0.5) is 5.82 Å². The fraction of sp³-hybridized carbons (Fsp3) is 0.667. The number of anilines is 1. The van der Waals surface area contributed by atoms with Crippen molar-refractivity contribution in [3.63, 3.8) is 0 Å². The van der Waals surface area contributed by atoms with Crippen molar-refractivity contribution in [2.75, 3.05) is 31.1 Å². The zero-order chi connectivity index (χ0) is 15.3. The van der Waals surface area contributed by atoms with Crippen molar-refractivity contribution in [1.29, 1.82) is 0 Å². The highest BCUT2D eigenvalue weighted by Crippen LogP contribution is 2.41. The smallest absolute Gasteiger partial charge is 0.252 e. The van der Waals surface area contributed by atoms with Gasteiger partial charge in [-0.25, -0.2) is 0 Å². The van der Waals surface area contributed by atoms with E-state index in [1.165, 1.54) is 38.4 Å². The van der Waals surface area contributed by atoms with Crippen molar-refractivity contribution in [1.82, 2.24) is 15.1 Å².